The highest BCUT2D eigenvalue weighted by molar-refractivity contribution is 8.00. The van der Waals surface area contributed by atoms with E-state index >= 15 is 0 Å². The van der Waals surface area contributed by atoms with Crippen molar-refractivity contribution in [3.8, 4) is 11.8 Å². The summed E-state index contributed by atoms with van der Waals surface area (Å²) in [7, 11) is 0. The van der Waals surface area contributed by atoms with E-state index in [9.17, 15) is 5.26 Å². The molecule has 0 fully saturated rings. The quantitative estimate of drug-likeness (QED) is 0.576. The van der Waals surface area contributed by atoms with Gasteiger partial charge >= 0.3 is 4.93 Å². The number of rotatable bonds is 5. The van der Waals surface area contributed by atoms with Crippen molar-refractivity contribution in [1.82, 2.24) is 20.2 Å². The first kappa shape index (κ1) is 14.1. The average Bonchev–Trinajstić information content (AvgIpc) is 3.11. The number of hydrogen-bond acceptors (Lipinski definition) is 6. The van der Waals surface area contributed by atoms with Crippen LogP contribution in [-0.2, 0) is 4.93 Å². The number of nitrogens with zero attached hydrogens (tertiary/aromatic N) is 4. The molecule has 1 atom stereocenters. The monoisotopic (exact) mass is 309 g/mol. The first-order chi connectivity index (χ1) is 10.8. The number of H-pyrrole nitrogens is 1. The normalized spacial score (nSPS) is 13.0. The highest BCUT2D eigenvalue weighted by Gasteiger charge is 2.40. The van der Waals surface area contributed by atoms with Crippen LogP contribution in [0.3, 0.4) is 0 Å². The minimum absolute atomic E-state index is 0.327. The molecule has 0 aliphatic rings. The Morgan fingerprint density at radius 3 is 2.68 bits per heavy atom. The van der Waals surface area contributed by atoms with Gasteiger partial charge in [-0.1, -0.05) is 30.0 Å². The number of para-hydroxylation sites is 1. The van der Waals surface area contributed by atoms with Crippen molar-refractivity contribution in [2.45, 2.75) is 9.83 Å². The highest BCUT2D eigenvalue weighted by Crippen LogP contribution is 2.40. The molecule has 1 N–H and O–H groups in total. The molecule has 3 rings (SSSR count). The predicted molar refractivity (Wildman–Crippen MR) is 80.8 cm³/mol. The molecule has 0 amide bonds. The van der Waals surface area contributed by atoms with Gasteiger partial charge in [-0.25, -0.2) is 4.98 Å². The first-order valence-electron chi connectivity index (χ1n) is 6.42. The third-order valence-corrected chi connectivity index (χ3v) is 3.91. The van der Waals surface area contributed by atoms with Crippen LogP contribution < -0.4 is 4.74 Å². The minimum atomic E-state index is -1.37. The standard InChI is InChI=1S/C15H11N5OS/c16-10-15(14-18-11-19-20-14,21-12-5-2-1-3-6-12)22-13-7-4-8-17-9-13/h1-9,11H,(H,18,19,20). The van der Waals surface area contributed by atoms with Crippen LogP contribution in [0.15, 0.2) is 66.1 Å². The molecule has 7 heteroatoms. The van der Waals surface area contributed by atoms with E-state index in [0.29, 0.717) is 11.6 Å². The molecule has 108 valence electrons. The number of pyridine rings is 1. The van der Waals surface area contributed by atoms with E-state index in [1.807, 2.05) is 24.3 Å². The summed E-state index contributed by atoms with van der Waals surface area (Å²) >= 11 is 1.21. The van der Waals surface area contributed by atoms with Crippen LogP contribution in [0.2, 0.25) is 0 Å². The van der Waals surface area contributed by atoms with Gasteiger partial charge in [-0.3, -0.25) is 10.1 Å². The first-order valence-corrected chi connectivity index (χ1v) is 7.24. The Kier molecular flexibility index (Phi) is 4.03. The van der Waals surface area contributed by atoms with Gasteiger partial charge in [0.05, 0.1) is 0 Å². The summed E-state index contributed by atoms with van der Waals surface area (Å²) in [5, 5.41) is 16.3. The fourth-order valence-corrected chi connectivity index (χ4v) is 2.78. The van der Waals surface area contributed by atoms with Crippen molar-refractivity contribution in [2.75, 3.05) is 0 Å². The molecule has 0 aliphatic carbocycles. The maximum atomic E-state index is 9.77. The van der Waals surface area contributed by atoms with Gasteiger partial charge in [-0.15, -0.1) is 0 Å². The van der Waals surface area contributed by atoms with Gasteiger partial charge in [0, 0.05) is 17.3 Å². The number of aromatic amines is 1. The number of aromatic nitrogens is 4. The molecule has 2 aromatic heterocycles. The van der Waals surface area contributed by atoms with E-state index < -0.39 is 4.93 Å². The van der Waals surface area contributed by atoms with Gasteiger partial charge in [-0.05, 0) is 24.3 Å². The summed E-state index contributed by atoms with van der Waals surface area (Å²) in [5.41, 5.74) is 0. The van der Waals surface area contributed by atoms with Gasteiger partial charge in [0.1, 0.15) is 18.1 Å². The maximum Gasteiger partial charge on any atom is 0.304 e. The summed E-state index contributed by atoms with van der Waals surface area (Å²) < 4.78 is 5.94. The number of hydrogen-bond donors (Lipinski definition) is 1. The van der Waals surface area contributed by atoms with Crippen molar-refractivity contribution in [3.63, 3.8) is 0 Å². The van der Waals surface area contributed by atoms with E-state index in [4.69, 9.17) is 4.74 Å². The molecular formula is C15H11N5OS. The number of nitriles is 1. The zero-order valence-corrected chi connectivity index (χ0v) is 12.2. The lowest BCUT2D eigenvalue weighted by Crippen LogP contribution is -2.29. The fourth-order valence-electron chi connectivity index (χ4n) is 1.81. The SMILES string of the molecule is N#CC(Oc1ccccc1)(Sc1cccnc1)c1ncn[nH]1. The van der Waals surface area contributed by atoms with Crippen LogP contribution in [-0.4, -0.2) is 20.2 Å². The van der Waals surface area contributed by atoms with Crippen molar-refractivity contribution in [1.29, 1.82) is 5.26 Å². The van der Waals surface area contributed by atoms with Gasteiger partial charge in [-0.2, -0.15) is 10.4 Å². The van der Waals surface area contributed by atoms with Crippen LogP contribution >= 0.6 is 11.8 Å². The van der Waals surface area contributed by atoms with Gasteiger partial charge in [0.15, 0.2) is 5.82 Å². The van der Waals surface area contributed by atoms with Crippen molar-refractivity contribution < 1.29 is 4.74 Å². The Morgan fingerprint density at radius 1 is 1.18 bits per heavy atom. The van der Waals surface area contributed by atoms with E-state index in [1.54, 1.807) is 30.6 Å². The Bertz CT molecular complexity index is 714. The molecule has 0 radical (unpaired) electrons. The molecule has 0 saturated carbocycles. The van der Waals surface area contributed by atoms with E-state index in [-0.39, 0.29) is 0 Å². The second kappa shape index (κ2) is 6.28. The molecule has 3 aromatic rings. The van der Waals surface area contributed by atoms with Crippen molar-refractivity contribution >= 4 is 11.8 Å². The number of thioether (sulfide) groups is 1. The molecule has 0 bridgehead atoms. The van der Waals surface area contributed by atoms with Crippen LogP contribution in [0.25, 0.3) is 0 Å². The molecule has 0 spiro atoms. The lowest BCUT2D eigenvalue weighted by Gasteiger charge is -2.24. The van der Waals surface area contributed by atoms with E-state index in [1.165, 1.54) is 18.1 Å². The summed E-state index contributed by atoms with van der Waals surface area (Å²) in [6, 6.07) is 15.0. The second-order valence-electron chi connectivity index (χ2n) is 4.27. The molecule has 1 unspecified atom stereocenters. The Hall–Kier alpha value is -2.85. The molecule has 2 heterocycles. The van der Waals surface area contributed by atoms with Crippen molar-refractivity contribution in [2.24, 2.45) is 0 Å². The zero-order valence-electron chi connectivity index (χ0n) is 11.4. The van der Waals surface area contributed by atoms with Crippen LogP contribution in [0.4, 0.5) is 0 Å². The average molecular weight is 309 g/mol. The lowest BCUT2D eigenvalue weighted by atomic mass is 10.3. The largest absolute Gasteiger partial charge is 0.455 e. The Balaban J connectivity index is 2.00. The van der Waals surface area contributed by atoms with Crippen LogP contribution in [0.5, 0.6) is 5.75 Å². The summed E-state index contributed by atoms with van der Waals surface area (Å²) in [6.07, 6.45) is 4.69. The second-order valence-corrected chi connectivity index (χ2v) is 5.52. The molecule has 22 heavy (non-hydrogen) atoms. The third-order valence-electron chi connectivity index (χ3n) is 2.77. The smallest absolute Gasteiger partial charge is 0.304 e. The number of ether oxygens (including phenoxy) is 1. The molecule has 0 saturated heterocycles. The summed E-state index contributed by atoms with van der Waals surface area (Å²) in [4.78, 5) is 7.57. The Morgan fingerprint density at radius 2 is 2.05 bits per heavy atom. The van der Waals surface area contributed by atoms with Crippen molar-refractivity contribution in [3.05, 3.63) is 67.0 Å². The van der Waals surface area contributed by atoms with Gasteiger partial charge in [0.2, 0.25) is 0 Å². The summed E-state index contributed by atoms with van der Waals surface area (Å²) in [6.45, 7) is 0. The highest BCUT2D eigenvalue weighted by atomic mass is 32.2. The lowest BCUT2D eigenvalue weighted by molar-refractivity contribution is 0.216. The minimum Gasteiger partial charge on any atom is -0.455 e. The summed E-state index contributed by atoms with van der Waals surface area (Å²) in [5.74, 6) is 0.893. The maximum absolute atomic E-state index is 9.77. The number of nitrogens with one attached hydrogen (secondary N) is 1. The zero-order chi connectivity index (χ0) is 15.3. The molecule has 0 aliphatic heterocycles. The van der Waals surface area contributed by atoms with E-state index in [0.717, 1.165) is 4.90 Å². The fraction of sp³-hybridized carbons (Fsp3) is 0.0667. The van der Waals surface area contributed by atoms with Crippen LogP contribution in [0.1, 0.15) is 5.82 Å². The predicted octanol–water partition coefficient (Wildman–Crippen LogP) is 2.75. The molecule has 1 aromatic carbocycles. The topological polar surface area (TPSA) is 87.5 Å². The van der Waals surface area contributed by atoms with Crippen LogP contribution in [0, 0.1) is 11.3 Å². The third kappa shape index (κ3) is 2.92. The number of benzene rings is 1. The molecular weight excluding hydrogens is 298 g/mol. The molecule has 6 nitrogen and oxygen atoms in total. The Labute approximate surface area is 131 Å². The van der Waals surface area contributed by atoms with Gasteiger partial charge < -0.3 is 4.74 Å². The van der Waals surface area contributed by atoms with E-state index in [2.05, 4.69) is 26.2 Å². The van der Waals surface area contributed by atoms with Gasteiger partial charge in [0.25, 0.3) is 0 Å².